The van der Waals surface area contributed by atoms with Crippen LogP contribution in [0.1, 0.15) is 10.4 Å². The van der Waals surface area contributed by atoms with Crippen LogP contribution >= 0.6 is 0 Å². The molecule has 1 aromatic carbocycles. The van der Waals surface area contributed by atoms with Crippen LogP contribution in [0.4, 0.5) is 5.69 Å². The molecule has 0 heterocycles. The molecular weight excluding hydrogens is 246 g/mol. The molecule has 1 rings (SSSR count). The van der Waals surface area contributed by atoms with Gasteiger partial charge in [-0.1, -0.05) is 0 Å². The van der Waals surface area contributed by atoms with E-state index < -0.39 is 15.8 Å². The fourth-order valence-electron chi connectivity index (χ4n) is 1.12. The monoisotopic (exact) mass is 259 g/mol. The molecule has 0 spiro atoms. The van der Waals surface area contributed by atoms with Crippen LogP contribution in [0.25, 0.3) is 0 Å². The third-order valence-corrected chi connectivity index (χ3v) is 2.88. The number of nitrogen functional groups attached to an aromatic ring is 1. The minimum Gasteiger partial charge on any atom is -0.490 e. The van der Waals surface area contributed by atoms with Crippen LogP contribution in [-0.4, -0.2) is 38.1 Å². The molecule has 0 unspecified atom stereocenters. The maximum absolute atomic E-state index is 10.9. The molecule has 17 heavy (non-hydrogen) atoms. The molecule has 7 heteroatoms. The summed E-state index contributed by atoms with van der Waals surface area (Å²) in [6, 6.07) is 4.01. The van der Waals surface area contributed by atoms with Gasteiger partial charge in [-0.15, -0.1) is 0 Å². The van der Waals surface area contributed by atoms with Crippen LogP contribution in [0.15, 0.2) is 18.2 Å². The average molecular weight is 259 g/mol. The van der Waals surface area contributed by atoms with Gasteiger partial charge in [0.05, 0.1) is 17.0 Å². The summed E-state index contributed by atoms with van der Waals surface area (Å²) in [6.45, 7) is -0.0184. The number of hydrogen-bond donors (Lipinski definition) is 2. The number of carboxylic acid groups (broad SMARTS) is 1. The molecule has 0 atom stereocenters. The zero-order valence-corrected chi connectivity index (χ0v) is 10.0. The topological polar surface area (TPSA) is 107 Å². The number of benzene rings is 1. The van der Waals surface area contributed by atoms with Crippen molar-refractivity contribution in [3.63, 3.8) is 0 Å². The Kier molecular flexibility index (Phi) is 3.95. The summed E-state index contributed by atoms with van der Waals surface area (Å²) in [4.78, 5) is 10.6. The van der Waals surface area contributed by atoms with E-state index in [1.807, 2.05) is 0 Å². The molecule has 94 valence electrons. The zero-order valence-electron chi connectivity index (χ0n) is 9.21. The first kappa shape index (κ1) is 13.3. The van der Waals surface area contributed by atoms with Gasteiger partial charge in [-0.3, -0.25) is 0 Å². The summed E-state index contributed by atoms with van der Waals surface area (Å²) in [7, 11) is -3.09. The van der Waals surface area contributed by atoms with Crippen LogP contribution in [0, 0.1) is 0 Å². The van der Waals surface area contributed by atoms with Crippen molar-refractivity contribution in [1.82, 2.24) is 0 Å². The molecule has 6 nitrogen and oxygen atoms in total. The number of hydrogen-bond acceptors (Lipinski definition) is 5. The first-order chi connectivity index (χ1) is 7.79. The van der Waals surface area contributed by atoms with Gasteiger partial charge in [-0.05, 0) is 18.2 Å². The molecule has 0 aliphatic heterocycles. The molecule has 0 saturated heterocycles. The first-order valence-electron chi connectivity index (χ1n) is 4.73. The molecule has 0 amide bonds. The number of sulfone groups is 1. The third-order valence-electron chi connectivity index (χ3n) is 1.97. The number of anilines is 1. The van der Waals surface area contributed by atoms with Crippen molar-refractivity contribution < 1.29 is 23.1 Å². The van der Waals surface area contributed by atoms with Crippen LogP contribution < -0.4 is 10.5 Å². The van der Waals surface area contributed by atoms with Crippen LogP contribution in [-0.2, 0) is 9.84 Å². The minimum absolute atomic E-state index is 0.0184. The highest BCUT2D eigenvalue weighted by molar-refractivity contribution is 7.90. The van der Waals surface area contributed by atoms with E-state index in [0.29, 0.717) is 0 Å². The highest BCUT2D eigenvalue weighted by Gasteiger charge is 2.08. The minimum atomic E-state index is -3.09. The second-order valence-electron chi connectivity index (χ2n) is 3.54. The second kappa shape index (κ2) is 5.05. The predicted octanol–water partition coefficient (Wildman–Crippen LogP) is 0.390. The van der Waals surface area contributed by atoms with Crippen molar-refractivity contribution in [1.29, 1.82) is 0 Å². The maximum Gasteiger partial charge on any atom is 0.335 e. The van der Waals surface area contributed by atoms with Gasteiger partial charge in [-0.25, -0.2) is 13.2 Å². The van der Waals surface area contributed by atoms with E-state index in [2.05, 4.69) is 0 Å². The summed E-state index contributed by atoms with van der Waals surface area (Å²) in [5, 5.41) is 8.71. The van der Waals surface area contributed by atoms with Crippen LogP contribution in [0.3, 0.4) is 0 Å². The average Bonchev–Trinajstić information content (AvgIpc) is 2.18. The second-order valence-corrected chi connectivity index (χ2v) is 5.80. The standard InChI is InChI=1S/C10H13NO5S/c1-17(14,15)5-4-16-9-3-2-7(10(12)13)6-8(9)11/h2-3,6H,4-5,11H2,1H3,(H,12,13). The lowest BCUT2D eigenvalue weighted by Crippen LogP contribution is -2.12. The van der Waals surface area contributed by atoms with E-state index in [0.717, 1.165) is 6.26 Å². The number of rotatable bonds is 5. The quantitative estimate of drug-likeness (QED) is 0.741. The molecule has 0 saturated carbocycles. The van der Waals surface area contributed by atoms with Gasteiger partial charge in [0.1, 0.15) is 12.4 Å². The van der Waals surface area contributed by atoms with E-state index in [4.69, 9.17) is 15.6 Å². The third kappa shape index (κ3) is 4.31. The summed E-state index contributed by atoms with van der Waals surface area (Å²) in [5.41, 5.74) is 5.79. The van der Waals surface area contributed by atoms with E-state index >= 15 is 0 Å². The fraction of sp³-hybridized carbons (Fsp3) is 0.300. The Bertz CT molecular complexity index is 523. The smallest absolute Gasteiger partial charge is 0.335 e. The predicted molar refractivity (Wildman–Crippen MR) is 63.0 cm³/mol. The molecule has 0 radical (unpaired) electrons. The molecule has 0 bridgehead atoms. The summed E-state index contributed by atoms with van der Waals surface area (Å²) >= 11 is 0. The molecular formula is C10H13NO5S. The van der Waals surface area contributed by atoms with Crippen molar-refractivity contribution in [2.45, 2.75) is 0 Å². The fourth-order valence-corrected chi connectivity index (χ4v) is 1.50. The first-order valence-corrected chi connectivity index (χ1v) is 6.79. The number of aromatic carboxylic acids is 1. The highest BCUT2D eigenvalue weighted by Crippen LogP contribution is 2.22. The lowest BCUT2D eigenvalue weighted by atomic mass is 10.2. The van der Waals surface area contributed by atoms with E-state index in [1.54, 1.807) is 0 Å². The Morgan fingerprint density at radius 2 is 2.12 bits per heavy atom. The molecule has 3 N–H and O–H groups in total. The van der Waals surface area contributed by atoms with E-state index in [9.17, 15) is 13.2 Å². The Morgan fingerprint density at radius 3 is 2.59 bits per heavy atom. The van der Waals surface area contributed by atoms with Gasteiger partial charge in [0.25, 0.3) is 0 Å². The lowest BCUT2D eigenvalue weighted by molar-refractivity contribution is 0.0697. The Labute approximate surface area is 98.9 Å². The van der Waals surface area contributed by atoms with Gasteiger partial charge in [-0.2, -0.15) is 0 Å². The highest BCUT2D eigenvalue weighted by atomic mass is 32.2. The molecule has 0 fully saturated rings. The molecule has 0 aliphatic carbocycles. The van der Waals surface area contributed by atoms with Gasteiger partial charge in [0.15, 0.2) is 9.84 Å². The van der Waals surface area contributed by atoms with Crippen molar-refractivity contribution >= 4 is 21.5 Å². The molecule has 0 aromatic heterocycles. The van der Waals surface area contributed by atoms with Gasteiger partial charge < -0.3 is 15.6 Å². The zero-order chi connectivity index (χ0) is 13.1. The number of carbonyl (C=O) groups is 1. The maximum atomic E-state index is 10.9. The van der Waals surface area contributed by atoms with Gasteiger partial charge >= 0.3 is 5.97 Å². The largest absolute Gasteiger partial charge is 0.490 e. The van der Waals surface area contributed by atoms with Crippen molar-refractivity contribution in [2.24, 2.45) is 0 Å². The van der Waals surface area contributed by atoms with Crippen LogP contribution in [0.2, 0.25) is 0 Å². The van der Waals surface area contributed by atoms with Crippen LogP contribution in [0.5, 0.6) is 5.75 Å². The van der Waals surface area contributed by atoms with E-state index in [-0.39, 0.29) is 29.4 Å². The Morgan fingerprint density at radius 1 is 1.47 bits per heavy atom. The lowest BCUT2D eigenvalue weighted by Gasteiger charge is -2.08. The summed E-state index contributed by atoms with van der Waals surface area (Å²) in [5.74, 6) is -0.925. The van der Waals surface area contributed by atoms with Crippen molar-refractivity contribution in [2.75, 3.05) is 24.3 Å². The Hall–Kier alpha value is -1.76. The van der Waals surface area contributed by atoms with Crippen molar-refractivity contribution in [3.8, 4) is 5.75 Å². The SMILES string of the molecule is CS(=O)(=O)CCOc1ccc(C(=O)O)cc1N. The molecule has 0 aliphatic rings. The van der Waals surface area contributed by atoms with Gasteiger partial charge in [0.2, 0.25) is 0 Å². The summed E-state index contributed by atoms with van der Waals surface area (Å²) < 4.78 is 26.9. The number of carboxylic acids is 1. The number of ether oxygens (including phenoxy) is 1. The normalized spacial score (nSPS) is 11.1. The van der Waals surface area contributed by atoms with Crippen molar-refractivity contribution in [3.05, 3.63) is 23.8 Å². The summed E-state index contributed by atoms with van der Waals surface area (Å²) in [6.07, 6.45) is 1.10. The Balaban J connectivity index is 2.70. The number of nitrogens with two attached hydrogens (primary N) is 1. The molecule has 1 aromatic rings. The van der Waals surface area contributed by atoms with Gasteiger partial charge in [0, 0.05) is 6.26 Å². The van der Waals surface area contributed by atoms with E-state index in [1.165, 1.54) is 18.2 Å².